The Morgan fingerprint density at radius 2 is 2.00 bits per heavy atom. The van der Waals surface area contributed by atoms with Gasteiger partial charge in [0.05, 0.1) is 10.5 Å². The maximum absolute atomic E-state index is 10.5. The number of hydrogen-bond donors (Lipinski definition) is 2. The van der Waals surface area contributed by atoms with E-state index in [1.165, 1.54) is 0 Å². The SMILES string of the molecule is CC(C)(Nc1ncc([N+](=O)[O-])cn1)c1ncc[nH]1. The summed E-state index contributed by atoms with van der Waals surface area (Å²) >= 11 is 0. The van der Waals surface area contributed by atoms with E-state index >= 15 is 0 Å². The van der Waals surface area contributed by atoms with Crippen LogP contribution in [0, 0.1) is 10.1 Å². The Bertz CT molecular complexity index is 534. The van der Waals surface area contributed by atoms with Gasteiger partial charge in [0, 0.05) is 12.4 Å². The van der Waals surface area contributed by atoms with Gasteiger partial charge in [0.2, 0.25) is 5.95 Å². The molecule has 2 aromatic heterocycles. The van der Waals surface area contributed by atoms with E-state index in [0.29, 0.717) is 5.95 Å². The predicted octanol–water partition coefficient (Wildman–Crippen LogP) is 1.46. The molecule has 0 fully saturated rings. The van der Waals surface area contributed by atoms with Crippen molar-refractivity contribution in [2.75, 3.05) is 5.32 Å². The van der Waals surface area contributed by atoms with Crippen molar-refractivity contribution < 1.29 is 4.92 Å². The molecule has 0 aliphatic rings. The third kappa shape index (κ3) is 2.42. The predicted molar refractivity (Wildman–Crippen MR) is 63.9 cm³/mol. The second kappa shape index (κ2) is 4.40. The van der Waals surface area contributed by atoms with Crippen LogP contribution in [0.25, 0.3) is 0 Å². The van der Waals surface area contributed by atoms with Gasteiger partial charge in [-0.3, -0.25) is 10.1 Å². The molecule has 0 aliphatic heterocycles. The van der Waals surface area contributed by atoms with Crippen LogP contribution in [0.5, 0.6) is 0 Å². The molecular weight excluding hydrogens is 236 g/mol. The number of imidazole rings is 1. The van der Waals surface area contributed by atoms with Gasteiger partial charge in [0.15, 0.2) is 0 Å². The van der Waals surface area contributed by atoms with Crippen molar-refractivity contribution in [2.45, 2.75) is 19.4 Å². The minimum atomic E-state index is -0.540. The summed E-state index contributed by atoms with van der Waals surface area (Å²) in [5, 5.41) is 13.5. The van der Waals surface area contributed by atoms with Gasteiger partial charge in [0.25, 0.3) is 0 Å². The van der Waals surface area contributed by atoms with E-state index in [1.807, 2.05) is 13.8 Å². The van der Waals surface area contributed by atoms with Crippen molar-refractivity contribution >= 4 is 11.6 Å². The Morgan fingerprint density at radius 1 is 1.33 bits per heavy atom. The summed E-state index contributed by atoms with van der Waals surface area (Å²) in [5.74, 6) is 1.03. The molecule has 2 rings (SSSR count). The molecule has 0 spiro atoms. The fraction of sp³-hybridized carbons (Fsp3) is 0.300. The molecule has 2 aromatic rings. The molecule has 2 heterocycles. The van der Waals surface area contributed by atoms with Gasteiger partial charge in [-0.25, -0.2) is 15.0 Å². The number of nitrogens with zero attached hydrogens (tertiary/aromatic N) is 4. The summed E-state index contributed by atoms with van der Waals surface area (Å²) in [6.45, 7) is 3.80. The molecule has 8 nitrogen and oxygen atoms in total. The molecule has 18 heavy (non-hydrogen) atoms. The molecular formula is C10H12N6O2. The zero-order valence-corrected chi connectivity index (χ0v) is 9.91. The number of hydrogen-bond acceptors (Lipinski definition) is 6. The van der Waals surface area contributed by atoms with Gasteiger partial charge in [-0.1, -0.05) is 0 Å². The molecule has 0 saturated heterocycles. The molecule has 0 radical (unpaired) electrons. The summed E-state index contributed by atoms with van der Waals surface area (Å²) in [7, 11) is 0. The first kappa shape index (κ1) is 12.0. The molecule has 0 amide bonds. The molecule has 8 heteroatoms. The quantitative estimate of drug-likeness (QED) is 0.626. The number of rotatable bonds is 4. The van der Waals surface area contributed by atoms with Gasteiger partial charge in [0.1, 0.15) is 18.2 Å². The fourth-order valence-corrected chi connectivity index (χ4v) is 1.43. The van der Waals surface area contributed by atoms with Gasteiger partial charge in [-0.15, -0.1) is 0 Å². The minimum Gasteiger partial charge on any atom is -0.347 e. The van der Waals surface area contributed by atoms with Crippen LogP contribution in [0.4, 0.5) is 11.6 Å². The van der Waals surface area contributed by atoms with Gasteiger partial charge >= 0.3 is 5.69 Å². The van der Waals surface area contributed by atoms with Crippen LogP contribution < -0.4 is 5.32 Å². The first-order valence-corrected chi connectivity index (χ1v) is 5.23. The van der Waals surface area contributed by atoms with E-state index in [0.717, 1.165) is 18.2 Å². The Kier molecular flexibility index (Phi) is 2.92. The second-order valence-corrected chi connectivity index (χ2v) is 4.21. The van der Waals surface area contributed by atoms with E-state index in [2.05, 4.69) is 25.3 Å². The largest absolute Gasteiger partial charge is 0.347 e. The van der Waals surface area contributed by atoms with Crippen molar-refractivity contribution in [1.29, 1.82) is 0 Å². The molecule has 0 unspecified atom stereocenters. The number of aromatic nitrogens is 4. The van der Waals surface area contributed by atoms with E-state index in [9.17, 15) is 10.1 Å². The highest BCUT2D eigenvalue weighted by Crippen LogP contribution is 2.20. The Hall–Kier alpha value is -2.51. The molecule has 0 aromatic carbocycles. The fourth-order valence-electron chi connectivity index (χ4n) is 1.43. The zero-order chi connectivity index (χ0) is 13.2. The molecule has 0 saturated carbocycles. The van der Waals surface area contributed by atoms with Crippen LogP contribution in [-0.4, -0.2) is 24.9 Å². The minimum absolute atomic E-state index is 0.142. The number of nitrogens with one attached hydrogen (secondary N) is 2. The lowest BCUT2D eigenvalue weighted by Crippen LogP contribution is -2.30. The number of anilines is 1. The van der Waals surface area contributed by atoms with E-state index in [-0.39, 0.29) is 5.69 Å². The van der Waals surface area contributed by atoms with E-state index in [4.69, 9.17) is 0 Å². The van der Waals surface area contributed by atoms with Crippen LogP contribution in [0.1, 0.15) is 19.7 Å². The molecule has 94 valence electrons. The van der Waals surface area contributed by atoms with Crippen molar-refractivity contribution in [3.8, 4) is 0 Å². The van der Waals surface area contributed by atoms with Crippen molar-refractivity contribution in [3.05, 3.63) is 40.7 Å². The molecule has 0 bridgehead atoms. The van der Waals surface area contributed by atoms with Crippen LogP contribution in [0.15, 0.2) is 24.8 Å². The van der Waals surface area contributed by atoms with Crippen LogP contribution in [0.2, 0.25) is 0 Å². The highest BCUT2D eigenvalue weighted by molar-refractivity contribution is 5.34. The van der Waals surface area contributed by atoms with Gasteiger partial charge < -0.3 is 10.3 Å². The highest BCUT2D eigenvalue weighted by atomic mass is 16.6. The highest BCUT2D eigenvalue weighted by Gasteiger charge is 2.24. The average Bonchev–Trinajstić information content (AvgIpc) is 2.83. The number of aromatic amines is 1. The second-order valence-electron chi connectivity index (χ2n) is 4.21. The lowest BCUT2D eigenvalue weighted by Gasteiger charge is -2.23. The smallest absolute Gasteiger partial charge is 0.305 e. The Labute approximate surface area is 103 Å². The van der Waals surface area contributed by atoms with Crippen molar-refractivity contribution in [2.24, 2.45) is 0 Å². The Morgan fingerprint density at radius 3 is 2.50 bits per heavy atom. The first-order chi connectivity index (χ1) is 8.49. The third-order valence-corrected chi connectivity index (χ3v) is 2.36. The summed E-state index contributed by atoms with van der Waals surface area (Å²) in [4.78, 5) is 24.9. The topological polar surface area (TPSA) is 110 Å². The summed E-state index contributed by atoms with van der Waals surface area (Å²) in [5.41, 5.74) is -0.643. The maximum Gasteiger partial charge on any atom is 0.305 e. The standard InChI is InChI=1S/C10H12N6O2/c1-10(2,8-11-3-4-12-8)15-9-13-5-7(6-14-9)16(17)18/h3-6H,1-2H3,(H,11,12)(H,13,14,15). The number of nitro groups is 1. The lowest BCUT2D eigenvalue weighted by atomic mass is 10.1. The monoisotopic (exact) mass is 248 g/mol. The summed E-state index contributed by atoms with van der Waals surface area (Å²) < 4.78 is 0. The summed E-state index contributed by atoms with van der Waals surface area (Å²) in [6.07, 6.45) is 5.69. The maximum atomic E-state index is 10.5. The van der Waals surface area contributed by atoms with Crippen LogP contribution in [0.3, 0.4) is 0 Å². The van der Waals surface area contributed by atoms with Crippen molar-refractivity contribution in [1.82, 2.24) is 19.9 Å². The third-order valence-electron chi connectivity index (χ3n) is 2.36. The van der Waals surface area contributed by atoms with E-state index < -0.39 is 10.5 Å². The number of H-pyrrole nitrogens is 1. The molecule has 0 atom stereocenters. The average molecular weight is 248 g/mol. The lowest BCUT2D eigenvalue weighted by molar-refractivity contribution is -0.385. The van der Waals surface area contributed by atoms with Gasteiger partial charge in [-0.2, -0.15) is 0 Å². The molecule has 0 aliphatic carbocycles. The normalized spacial score (nSPS) is 11.2. The zero-order valence-electron chi connectivity index (χ0n) is 9.91. The van der Waals surface area contributed by atoms with Gasteiger partial charge in [-0.05, 0) is 13.8 Å². The first-order valence-electron chi connectivity index (χ1n) is 5.23. The van der Waals surface area contributed by atoms with Crippen LogP contribution in [-0.2, 0) is 5.54 Å². The van der Waals surface area contributed by atoms with E-state index in [1.54, 1.807) is 12.4 Å². The Balaban J connectivity index is 2.16. The van der Waals surface area contributed by atoms with Crippen LogP contribution >= 0.6 is 0 Å². The molecule has 2 N–H and O–H groups in total. The van der Waals surface area contributed by atoms with Crippen molar-refractivity contribution in [3.63, 3.8) is 0 Å². The summed E-state index contributed by atoms with van der Waals surface area (Å²) in [6, 6.07) is 0.